The topological polar surface area (TPSA) is 52.8 Å². The Kier molecular flexibility index (Phi) is 3.69. The number of hydrogen-bond donors (Lipinski definition) is 0. The number of ether oxygens (including phenoxy) is 1. The quantitative estimate of drug-likeness (QED) is 0.737. The fourth-order valence-electron chi connectivity index (χ4n) is 1.57. The largest absolute Gasteiger partial charge is 0.493 e. The second-order valence-electron chi connectivity index (χ2n) is 3.92. The molecule has 2 rings (SSSR count). The molecule has 0 radical (unpaired) electrons. The minimum atomic E-state index is 0.671. The molecule has 0 saturated carbocycles. The fourth-order valence-corrected chi connectivity index (χ4v) is 1.57. The summed E-state index contributed by atoms with van der Waals surface area (Å²) >= 11 is 0. The number of nitrogens with zero attached hydrogens (tertiary/aromatic N) is 4. The first-order valence-electron chi connectivity index (χ1n) is 5.68. The van der Waals surface area contributed by atoms with Crippen molar-refractivity contribution in [2.45, 2.75) is 26.8 Å². The van der Waals surface area contributed by atoms with E-state index in [0.29, 0.717) is 6.61 Å². The maximum absolute atomic E-state index is 5.69. The number of hydrogen-bond acceptors (Lipinski definition) is 4. The molecule has 0 N–H and O–H groups in total. The molecule has 0 spiro atoms. The van der Waals surface area contributed by atoms with Crippen LogP contribution in [0.15, 0.2) is 24.3 Å². The number of aromatic nitrogens is 4. The summed E-state index contributed by atoms with van der Waals surface area (Å²) in [5.41, 5.74) is 1.16. The summed E-state index contributed by atoms with van der Waals surface area (Å²) in [5, 5.41) is 11.3. The van der Waals surface area contributed by atoms with E-state index in [0.717, 1.165) is 30.1 Å². The summed E-state index contributed by atoms with van der Waals surface area (Å²) < 4.78 is 7.47. The highest BCUT2D eigenvalue weighted by Crippen LogP contribution is 2.16. The lowest BCUT2D eigenvalue weighted by Gasteiger charge is -2.08. The van der Waals surface area contributed by atoms with Gasteiger partial charge in [-0.1, -0.05) is 18.2 Å². The van der Waals surface area contributed by atoms with Crippen molar-refractivity contribution in [3.8, 4) is 5.75 Å². The maximum Gasteiger partial charge on any atom is 0.148 e. The Morgan fingerprint density at radius 3 is 2.76 bits per heavy atom. The van der Waals surface area contributed by atoms with Gasteiger partial charge in [0.15, 0.2) is 0 Å². The Morgan fingerprint density at radius 2 is 2.06 bits per heavy atom. The third-order valence-electron chi connectivity index (χ3n) is 2.58. The van der Waals surface area contributed by atoms with E-state index in [1.165, 1.54) is 0 Å². The Bertz CT molecular complexity index is 481. The first kappa shape index (κ1) is 11.6. The second kappa shape index (κ2) is 5.43. The molecule has 1 aromatic carbocycles. The maximum atomic E-state index is 5.69. The van der Waals surface area contributed by atoms with Gasteiger partial charge in [-0.15, -0.1) is 5.10 Å². The lowest BCUT2D eigenvalue weighted by atomic mass is 10.2. The zero-order valence-electron chi connectivity index (χ0n) is 10.1. The van der Waals surface area contributed by atoms with E-state index >= 15 is 0 Å². The summed E-state index contributed by atoms with van der Waals surface area (Å²) in [6.07, 6.45) is 0.889. The molecule has 5 nitrogen and oxygen atoms in total. The van der Waals surface area contributed by atoms with Crippen molar-refractivity contribution >= 4 is 0 Å². The summed E-state index contributed by atoms with van der Waals surface area (Å²) in [4.78, 5) is 0. The molecule has 0 unspecified atom stereocenters. The standard InChI is InChI=1S/C12H16N4O/c1-10-6-3-4-7-12(10)17-9-5-8-16-11(2)13-14-15-16/h3-4,6-7H,5,8-9H2,1-2H3. The van der Waals surface area contributed by atoms with Gasteiger partial charge in [0.05, 0.1) is 6.61 Å². The summed E-state index contributed by atoms with van der Waals surface area (Å²) in [7, 11) is 0. The van der Waals surface area contributed by atoms with Crippen molar-refractivity contribution in [3.63, 3.8) is 0 Å². The van der Waals surface area contributed by atoms with Gasteiger partial charge in [-0.3, -0.25) is 0 Å². The first-order valence-corrected chi connectivity index (χ1v) is 5.68. The van der Waals surface area contributed by atoms with Gasteiger partial charge in [-0.05, 0) is 35.9 Å². The predicted octanol–water partition coefficient (Wildman–Crippen LogP) is 1.76. The van der Waals surface area contributed by atoms with Crippen LogP contribution in [0.25, 0.3) is 0 Å². The summed E-state index contributed by atoms with van der Waals surface area (Å²) in [5.74, 6) is 1.78. The van der Waals surface area contributed by atoms with Gasteiger partial charge < -0.3 is 4.74 Å². The molecule has 0 saturated heterocycles. The molecule has 0 aliphatic rings. The van der Waals surface area contributed by atoms with Gasteiger partial charge in [-0.25, -0.2) is 4.68 Å². The van der Waals surface area contributed by atoms with E-state index in [4.69, 9.17) is 4.74 Å². The van der Waals surface area contributed by atoms with E-state index in [1.807, 2.05) is 38.1 Å². The molecule has 0 amide bonds. The summed E-state index contributed by atoms with van der Waals surface area (Å²) in [6.45, 7) is 5.39. The predicted molar refractivity (Wildman–Crippen MR) is 63.8 cm³/mol. The van der Waals surface area contributed by atoms with Crippen LogP contribution in [-0.4, -0.2) is 26.8 Å². The third-order valence-corrected chi connectivity index (χ3v) is 2.58. The first-order chi connectivity index (χ1) is 8.27. The lowest BCUT2D eigenvalue weighted by molar-refractivity contribution is 0.295. The minimum Gasteiger partial charge on any atom is -0.493 e. The van der Waals surface area contributed by atoms with Gasteiger partial charge in [0.25, 0.3) is 0 Å². The molecule has 5 heteroatoms. The van der Waals surface area contributed by atoms with Crippen molar-refractivity contribution in [1.82, 2.24) is 20.2 Å². The van der Waals surface area contributed by atoms with Gasteiger partial charge in [-0.2, -0.15) is 0 Å². The Morgan fingerprint density at radius 1 is 1.24 bits per heavy atom. The van der Waals surface area contributed by atoms with Gasteiger partial charge in [0.1, 0.15) is 11.6 Å². The smallest absolute Gasteiger partial charge is 0.148 e. The van der Waals surface area contributed by atoms with Crippen LogP contribution in [0.2, 0.25) is 0 Å². The molecule has 90 valence electrons. The third kappa shape index (κ3) is 3.03. The molecule has 0 bridgehead atoms. The molecule has 0 fully saturated rings. The lowest BCUT2D eigenvalue weighted by Crippen LogP contribution is -2.07. The average molecular weight is 232 g/mol. The Balaban J connectivity index is 1.77. The highest BCUT2D eigenvalue weighted by atomic mass is 16.5. The van der Waals surface area contributed by atoms with Crippen molar-refractivity contribution in [1.29, 1.82) is 0 Å². The molecule has 17 heavy (non-hydrogen) atoms. The van der Waals surface area contributed by atoms with Crippen LogP contribution in [0, 0.1) is 13.8 Å². The van der Waals surface area contributed by atoms with Crippen LogP contribution in [0.4, 0.5) is 0 Å². The minimum absolute atomic E-state index is 0.671. The number of benzene rings is 1. The zero-order chi connectivity index (χ0) is 12.1. The molecular weight excluding hydrogens is 216 g/mol. The molecule has 0 aliphatic carbocycles. The average Bonchev–Trinajstić information content (AvgIpc) is 2.73. The number of rotatable bonds is 5. The molecular formula is C12H16N4O. The van der Waals surface area contributed by atoms with E-state index < -0.39 is 0 Å². The van der Waals surface area contributed by atoms with Gasteiger partial charge in [0.2, 0.25) is 0 Å². The normalized spacial score (nSPS) is 10.5. The highest BCUT2D eigenvalue weighted by molar-refractivity contribution is 5.31. The number of aryl methyl sites for hydroxylation is 3. The summed E-state index contributed by atoms with van der Waals surface area (Å²) in [6, 6.07) is 8.01. The second-order valence-corrected chi connectivity index (χ2v) is 3.92. The fraction of sp³-hybridized carbons (Fsp3) is 0.417. The van der Waals surface area contributed by atoms with Crippen LogP contribution in [0.3, 0.4) is 0 Å². The number of tetrazole rings is 1. The monoisotopic (exact) mass is 232 g/mol. The zero-order valence-corrected chi connectivity index (χ0v) is 10.1. The van der Waals surface area contributed by atoms with Crippen LogP contribution in [0.5, 0.6) is 5.75 Å². The van der Waals surface area contributed by atoms with Crippen LogP contribution >= 0.6 is 0 Å². The van der Waals surface area contributed by atoms with Crippen LogP contribution in [-0.2, 0) is 6.54 Å². The van der Waals surface area contributed by atoms with Crippen LogP contribution in [0.1, 0.15) is 17.8 Å². The Hall–Kier alpha value is -1.91. The molecule has 0 aliphatic heterocycles. The van der Waals surface area contributed by atoms with Crippen molar-refractivity contribution < 1.29 is 4.74 Å². The molecule has 1 heterocycles. The van der Waals surface area contributed by atoms with E-state index in [9.17, 15) is 0 Å². The molecule has 0 atom stereocenters. The molecule has 2 aromatic rings. The van der Waals surface area contributed by atoms with Crippen molar-refractivity contribution in [3.05, 3.63) is 35.7 Å². The van der Waals surface area contributed by atoms with E-state index in [1.54, 1.807) is 4.68 Å². The van der Waals surface area contributed by atoms with E-state index in [2.05, 4.69) is 15.5 Å². The van der Waals surface area contributed by atoms with Gasteiger partial charge >= 0.3 is 0 Å². The van der Waals surface area contributed by atoms with Crippen LogP contribution < -0.4 is 4.74 Å². The van der Waals surface area contributed by atoms with Crippen molar-refractivity contribution in [2.75, 3.05) is 6.61 Å². The highest BCUT2D eigenvalue weighted by Gasteiger charge is 2.00. The SMILES string of the molecule is Cc1ccccc1OCCCn1nnnc1C. The molecule has 1 aromatic heterocycles. The number of para-hydroxylation sites is 1. The van der Waals surface area contributed by atoms with Crippen molar-refractivity contribution in [2.24, 2.45) is 0 Å². The van der Waals surface area contributed by atoms with Gasteiger partial charge in [0, 0.05) is 13.0 Å². The van der Waals surface area contributed by atoms with E-state index in [-0.39, 0.29) is 0 Å². The Labute approximate surface area is 100 Å².